The fraction of sp³-hybridized carbons (Fsp3) is 0.700. The zero-order chi connectivity index (χ0) is 12.9. The molecule has 0 radical (unpaired) electrons. The van der Waals surface area contributed by atoms with Crippen molar-refractivity contribution in [3.8, 4) is 0 Å². The Balaban J connectivity index is 4.93. The maximum Gasteiger partial charge on any atom is 0.164 e. The van der Waals surface area contributed by atoms with Gasteiger partial charge < -0.3 is 25.5 Å². The number of hydrogen-bond donors (Lipinski definition) is 5. The van der Waals surface area contributed by atoms with Crippen molar-refractivity contribution in [1.82, 2.24) is 0 Å². The highest BCUT2D eigenvalue weighted by atomic mass is 16.4. The number of hydrogen-bond acceptors (Lipinski definition) is 6. The highest BCUT2D eigenvalue weighted by Gasteiger charge is 2.45. The van der Waals surface area contributed by atoms with E-state index in [-0.39, 0.29) is 6.42 Å². The number of rotatable bonds is 7. The zero-order valence-electron chi connectivity index (χ0n) is 9.08. The molecule has 5 N–H and O–H groups in total. The van der Waals surface area contributed by atoms with E-state index in [9.17, 15) is 20.1 Å². The molecule has 94 valence electrons. The van der Waals surface area contributed by atoms with Crippen molar-refractivity contribution >= 4 is 5.78 Å². The third-order valence-electron chi connectivity index (χ3n) is 2.46. The summed E-state index contributed by atoms with van der Waals surface area (Å²) in [6.45, 7) is 3.57. The molecule has 0 bridgehead atoms. The molecule has 0 spiro atoms. The van der Waals surface area contributed by atoms with Gasteiger partial charge in [-0.05, 0) is 6.92 Å². The summed E-state index contributed by atoms with van der Waals surface area (Å²) < 4.78 is 0. The maximum atomic E-state index is 11.2. The fourth-order valence-electron chi connectivity index (χ4n) is 1.29. The Hall–Kier alpha value is -0.790. The first-order valence-electron chi connectivity index (χ1n) is 4.80. The van der Waals surface area contributed by atoms with Gasteiger partial charge in [-0.1, -0.05) is 6.08 Å². The van der Waals surface area contributed by atoms with E-state index in [4.69, 9.17) is 10.2 Å². The van der Waals surface area contributed by atoms with Crippen LogP contribution in [0.5, 0.6) is 0 Å². The van der Waals surface area contributed by atoms with Crippen LogP contribution in [0, 0.1) is 0 Å². The molecule has 0 aromatic carbocycles. The number of Topliss-reactive ketones (excluding diaryl/α,β-unsaturated/α-hetero) is 1. The van der Waals surface area contributed by atoms with Gasteiger partial charge in [-0.25, -0.2) is 0 Å². The lowest BCUT2D eigenvalue weighted by molar-refractivity contribution is -0.172. The minimum absolute atomic E-state index is 0.265. The molecule has 0 fully saturated rings. The van der Waals surface area contributed by atoms with E-state index >= 15 is 0 Å². The first kappa shape index (κ1) is 15.2. The van der Waals surface area contributed by atoms with Gasteiger partial charge in [-0.2, -0.15) is 0 Å². The smallest absolute Gasteiger partial charge is 0.164 e. The summed E-state index contributed by atoms with van der Waals surface area (Å²) in [5.41, 5.74) is -2.21. The van der Waals surface area contributed by atoms with E-state index in [0.717, 1.165) is 6.92 Å². The second kappa shape index (κ2) is 6.07. The molecule has 0 aliphatic heterocycles. The lowest BCUT2D eigenvalue weighted by Crippen LogP contribution is -2.57. The normalized spacial score (nSPS) is 20.6. The maximum absolute atomic E-state index is 11.2. The van der Waals surface area contributed by atoms with Gasteiger partial charge in [0.05, 0.1) is 6.61 Å². The lowest BCUT2D eigenvalue weighted by atomic mass is 9.84. The minimum Gasteiger partial charge on any atom is -0.394 e. The summed E-state index contributed by atoms with van der Waals surface area (Å²) in [5, 5.41) is 46.5. The van der Waals surface area contributed by atoms with Gasteiger partial charge in [0.1, 0.15) is 18.3 Å². The van der Waals surface area contributed by atoms with Gasteiger partial charge >= 0.3 is 0 Å². The van der Waals surface area contributed by atoms with Gasteiger partial charge in [0.2, 0.25) is 0 Å². The van der Waals surface area contributed by atoms with Crippen LogP contribution in [-0.4, -0.2) is 61.8 Å². The van der Waals surface area contributed by atoms with Crippen molar-refractivity contribution in [3.63, 3.8) is 0 Å². The minimum atomic E-state index is -2.21. The van der Waals surface area contributed by atoms with Crippen LogP contribution in [0.3, 0.4) is 0 Å². The molecule has 0 heterocycles. The van der Waals surface area contributed by atoms with Gasteiger partial charge in [-0.15, -0.1) is 6.58 Å². The molecule has 6 nitrogen and oxygen atoms in total. The van der Waals surface area contributed by atoms with Crippen molar-refractivity contribution < 1.29 is 30.3 Å². The van der Waals surface area contributed by atoms with Crippen molar-refractivity contribution in [1.29, 1.82) is 0 Å². The monoisotopic (exact) mass is 234 g/mol. The molecule has 0 aromatic heterocycles. The molecule has 0 rings (SSSR count). The Labute approximate surface area is 93.5 Å². The summed E-state index contributed by atoms with van der Waals surface area (Å²) in [7, 11) is 0. The van der Waals surface area contributed by atoms with Gasteiger partial charge in [0, 0.05) is 6.42 Å². The molecule has 0 saturated carbocycles. The predicted molar refractivity (Wildman–Crippen MR) is 55.6 cm³/mol. The van der Waals surface area contributed by atoms with Crippen LogP contribution in [0.15, 0.2) is 12.7 Å². The number of carbonyl (C=O) groups is 1. The van der Waals surface area contributed by atoms with Crippen molar-refractivity contribution in [3.05, 3.63) is 12.7 Å². The highest BCUT2D eigenvalue weighted by molar-refractivity contribution is 5.85. The summed E-state index contributed by atoms with van der Waals surface area (Å²) >= 11 is 0. The van der Waals surface area contributed by atoms with Crippen LogP contribution in [0.25, 0.3) is 0 Å². The molecule has 0 aliphatic carbocycles. The van der Waals surface area contributed by atoms with Crippen LogP contribution in [0.2, 0.25) is 0 Å². The van der Waals surface area contributed by atoms with Crippen molar-refractivity contribution in [2.75, 3.05) is 6.61 Å². The van der Waals surface area contributed by atoms with E-state index in [1.54, 1.807) is 0 Å². The van der Waals surface area contributed by atoms with E-state index in [1.807, 2.05) is 0 Å². The molecular weight excluding hydrogens is 216 g/mol. The Morgan fingerprint density at radius 3 is 2.25 bits per heavy atom. The third-order valence-corrected chi connectivity index (χ3v) is 2.46. The molecule has 0 amide bonds. The van der Waals surface area contributed by atoms with Crippen LogP contribution < -0.4 is 0 Å². The third kappa shape index (κ3) is 3.10. The van der Waals surface area contributed by atoms with E-state index in [1.165, 1.54) is 6.08 Å². The van der Waals surface area contributed by atoms with E-state index < -0.39 is 36.3 Å². The Kier molecular flexibility index (Phi) is 5.77. The van der Waals surface area contributed by atoms with Gasteiger partial charge in [-0.3, -0.25) is 4.79 Å². The SMILES string of the molecule is C=CCC(O)(C(C)=O)C(O)C(O)C(O)CO. The summed E-state index contributed by atoms with van der Waals surface area (Å²) in [5.74, 6) is -0.760. The molecular formula is C10H18O6. The number of ketones is 1. The molecule has 4 atom stereocenters. The number of carbonyl (C=O) groups excluding carboxylic acids is 1. The quantitative estimate of drug-likeness (QED) is 0.324. The van der Waals surface area contributed by atoms with E-state index in [2.05, 4.69) is 6.58 Å². The molecule has 0 aliphatic rings. The first-order chi connectivity index (χ1) is 7.31. The molecule has 4 unspecified atom stereocenters. The van der Waals surface area contributed by atoms with Crippen molar-refractivity contribution in [2.45, 2.75) is 37.3 Å². The topological polar surface area (TPSA) is 118 Å². The van der Waals surface area contributed by atoms with Crippen LogP contribution in [-0.2, 0) is 4.79 Å². The highest BCUT2D eigenvalue weighted by Crippen LogP contribution is 2.21. The predicted octanol–water partition coefficient (Wildman–Crippen LogP) is -2.04. The molecule has 0 saturated heterocycles. The Morgan fingerprint density at radius 1 is 1.44 bits per heavy atom. The molecule has 16 heavy (non-hydrogen) atoms. The summed E-state index contributed by atoms with van der Waals surface area (Å²) in [6.07, 6.45) is -4.41. The van der Waals surface area contributed by atoms with Gasteiger partial charge in [0.15, 0.2) is 11.4 Å². The standard InChI is InChI=1S/C10H18O6/c1-3-4-10(16,6(2)12)9(15)8(14)7(13)5-11/h3,7-9,11,13-16H,1,4-5H2,2H3. The summed E-state index contributed by atoms with van der Waals surface area (Å²) in [4.78, 5) is 11.2. The Morgan fingerprint density at radius 2 is 1.94 bits per heavy atom. The van der Waals surface area contributed by atoms with Crippen LogP contribution >= 0.6 is 0 Å². The zero-order valence-corrected chi connectivity index (χ0v) is 9.08. The second-order valence-electron chi connectivity index (χ2n) is 3.66. The van der Waals surface area contributed by atoms with Crippen molar-refractivity contribution in [2.24, 2.45) is 0 Å². The fourth-order valence-corrected chi connectivity index (χ4v) is 1.29. The van der Waals surface area contributed by atoms with Crippen LogP contribution in [0.4, 0.5) is 0 Å². The largest absolute Gasteiger partial charge is 0.394 e. The second-order valence-corrected chi connectivity index (χ2v) is 3.66. The van der Waals surface area contributed by atoms with Gasteiger partial charge in [0.25, 0.3) is 0 Å². The lowest BCUT2D eigenvalue weighted by Gasteiger charge is -2.34. The average molecular weight is 234 g/mol. The average Bonchev–Trinajstić information content (AvgIpc) is 2.25. The summed E-state index contributed by atoms with van der Waals surface area (Å²) in [6, 6.07) is 0. The number of aliphatic hydroxyl groups excluding tert-OH is 4. The molecule has 6 heteroatoms. The molecule has 0 aromatic rings. The van der Waals surface area contributed by atoms with E-state index in [0.29, 0.717) is 0 Å². The van der Waals surface area contributed by atoms with Crippen LogP contribution in [0.1, 0.15) is 13.3 Å². The first-order valence-corrected chi connectivity index (χ1v) is 4.80. The number of aliphatic hydroxyl groups is 5. The Bertz CT molecular complexity index is 254.